The number of ether oxygens (including phenoxy) is 1. The van der Waals surface area contributed by atoms with Crippen molar-refractivity contribution in [3.8, 4) is 0 Å². The fourth-order valence-corrected chi connectivity index (χ4v) is 0.666. The second-order valence-electron chi connectivity index (χ2n) is 1.82. The molecule has 0 aromatic heterocycles. The van der Waals surface area contributed by atoms with E-state index in [0.717, 1.165) is 6.92 Å². The third kappa shape index (κ3) is 5.00. The van der Waals surface area contributed by atoms with Crippen LogP contribution in [0.3, 0.4) is 0 Å². The smallest absolute Gasteiger partial charge is 0.302 e. The van der Waals surface area contributed by atoms with Crippen LogP contribution in [0.25, 0.3) is 0 Å². The molecule has 0 saturated carbocycles. The molecule has 1 atom stereocenters. The fraction of sp³-hybridized carbons (Fsp3) is 0.750. The molecule has 0 saturated heterocycles. The van der Waals surface area contributed by atoms with Crippen molar-refractivity contribution in [1.82, 2.24) is 0 Å². The molecule has 0 radical (unpaired) electrons. The van der Waals surface area contributed by atoms with Gasteiger partial charge < -0.3 is 10.5 Å². The monoisotopic (exact) mass is 201 g/mol. The molecule has 66 valence electrons. The van der Waals surface area contributed by atoms with Crippen molar-refractivity contribution in [2.75, 3.05) is 6.61 Å². The minimum atomic E-state index is -3.83. The minimum Gasteiger partial charge on any atom is -0.463 e. The highest BCUT2D eigenvalue weighted by Gasteiger charge is 2.18. The molecular formula is C4H8ClNO4S. The summed E-state index contributed by atoms with van der Waals surface area (Å²) in [5, 5.41) is -1.35. The number of carbonyl (C=O) groups is 1. The van der Waals surface area contributed by atoms with Gasteiger partial charge in [0, 0.05) is 17.6 Å². The molecule has 5 nitrogen and oxygen atoms in total. The second-order valence-corrected chi connectivity index (χ2v) is 4.66. The lowest BCUT2D eigenvalue weighted by atomic mass is 10.7. The lowest BCUT2D eigenvalue weighted by Crippen LogP contribution is -2.32. The van der Waals surface area contributed by atoms with Crippen LogP contribution < -0.4 is 5.73 Å². The molecule has 0 heterocycles. The molecule has 0 aromatic rings. The lowest BCUT2D eigenvalue weighted by molar-refractivity contribution is -0.140. The van der Waals surface area contributed by atoms with E-state index in [2.05, 4.69) is 4.74 Å². The van der Waals surface area contributed by atoms with Gasteiger partial charge in [-0.3, -0.25) is 4.79 Å². The maximum atomic E-state index is 10.4. The van der Waals surface area contributed by atoms with Crippen LogP contribution >= 0.6 is 10.7 Å². The van der Waals surface area contributed by atoms with Crippen LogP contribution in [0.1, 0.15) is 6.92 Å². The van der Waals surface area contributed by atoms with Gasteiger partial charge in [-0.1, -0.05) is 0 Å². The van der Waals surface area contributed by atoms with E-state index < -0.39 is 27.0 Å². The Kier molecular flexibility index (Phi) is 3.77. The van der Waals surface area contributed by atoms with E-state index in [1.807, 2.05) is 0 Å². The summed E-state index contributed by atoms with van der Waals surface area (Å²) in [6, 6.07) is 0. The van der Waals surface area contributed by atoms with Crippen LogP contribution in [0, 0.1) is 0 Å². The molecular weight excluding hydrogens is 194 g/mol. The maximum Gasteiger partial charge on any atom is 0.302 e. The first-order chi connectivity index (χ1) is 4.84. The molecule has 0 aromatic carbocycles. The zero-order chi connectivity index (χ0) is 9.07. The van der Waals surface area contributed by atoms with Gasteiger partial charge >= 0.3 is 5.97 Å². The third-order valence-electron chi connectivity index (χ3n) is 0.812. The number of nitrogens with two attached hydrogens (primary N) is 1. The summed E-state index contributed by atoms with van der Waals surface area (Å²) in [5.74, 6) is -0.597. The van der Waals surface area contributed by atoms with E-state index in [0.29, 0.717) is 0 Å². The second kappa shape index (κ2) is 3.89. The summed E-state index contributed by atoms with van der Waals surface area (Å²) in [5.41, 5.74) is 5.00. The van der Waals surface area contributed by atoms with Gasteiger partial charge in [-0.15, -0.1) is 0 Å². The maximum absolute atomic E-state index is 10.4. The third-order valence-corrected chi connectivity index (χ3v) is 2.36. The van der Waals surface area contributed by atoms with Gasteiger partial charge in [0.2, 0.25) is 0 Å². The summed E-state index contributed by atoms with van der Waals surface area (Å²) >= 11 is 0. The Hall–Kier alpha value is -0.330. The van der Waals surface area contributed by atoms with Crippen molar-refractivity contribution in [2.24, 2.45) is 5.73 Å². The fourth-order valence-electron chi connectivity index (χ4n) is 0.281. The van der Waals surface area contributed by atoms with Gasteiger partial charge in [-0.25, -0.2) is 8.42 Å². The first kappa shape index (κ1) is 10.7. The Balaban J connectivity index is 3.90. The van der Waals surface area contributed by atoms with E-state index in [9.17, 15) is 13.2 Å². The largest absolute Gasteiger partial charge is 0.463 e. The van der Waals surface area contributed by atoms with Crippen LogP contribution in [0.5, 0.6) is 0 Å². The predicted molar refractivity (Wildman–Crippen MR) is 39.4 cm³/mol. The number of esters is 1. The Morgan fingerprint density at radius 3 is 2.45 bits per heavy atom. The molecule has 0 fully saturated rings. The van der Waals surface area contributed by atoms with Crippen LogP contribution in [0.4, 0.5) is 0 Å². The van der Waals surface area contributed by atoms with E-state index in [-0.39, 0.29) is 0 Å². The van der Waals surface area contributed by atoms with Gasteiger partial charge in [-0.05, 0) is 0 Å². The topological polar surface area (TPSA) is 86.5 Å². The van der Waals surface area contributed by atoms with Crippen molar-refractivity contribution in [1.29, 1.82) is 0 Å². The van der Waals surface area contributed by atoms with Crippen LogP contribution in [-0.4, -0.2) is 26.4 Å². The van der Waals surface area contributed by atoms with Crippen molar-refractivity contribution < 1.29 is 17.9 Å². The summed E-state index contributed by atoms with van der Waals surface area (Å²) < 4.78 is 25.1. The summed E-state index contributed by atoms with van der Waals surface area (Å²) in [6.45, 7) is 0.731. The Bertz CT molecular complexity index is 236. The highest BCUT2D eigenvalue weighted by Crippen LogP contribution is 2.01. The molecule has 0 bridgehead atoms. The number of rotatable bonds is 3. The predicted octanol–water partition coefficient (Wildman–Crippen LogP) is -0.597. The van der Waals surface area contributed by atoms with Crippen molar-refractivity contribution in [3.63, 3.8) is 0 Å². The highest BCUT2D eigenvalue weighted by molar-refractivity contribution is 8.14. The number of carbonyl (C=O) groups excluding carboxylic acids is 1. The van der Waals surface area contributed by atoms with E-state index in [4.69, 9.17) is 16.4 Å². The zero-order valence-electron chi connectivity index (χ0n) is 5.78. The molecule has 0 rings (SSSR count). The standard InChI is InChI=1S/C4H8ClNO4S/c1-3(7)10-2-4(6)11(5,8)9/h4H,2,6H2,1H3. The quantitative estimate of drug-likeness (QED) is 0.487. The van der Waals surface area contributed by atoms with Gasteiger partial charge in [0.1, 0.15) is 6.61 Å². The molecule has 11 heavy (non-hydrogen) atoms. The first-order valence-electron chi connectivity index (χ1n) is 2.66. The molecule has 0 spiro atoms. The Morgan fingerprint density at radius 2 is 2.18 bits per heavy atom. The molecule has 0 aliphatic rings. The molecule has 0 amide bonds. The van der Waals surface area contributed by atoms with Gasteiger partial charge in [0.05, 0.1) is 0 Å². The first-order valence-corrected chi connectivity index (χ1v) is 5.03. The summed E-state index contributed by atoms with van der Waals surface area (Å²) in [4.78, 5) is 10.2. The van der Waals surface area contributed by atoms with Crippen molar-refractivity contribution in [2.45, 2.75) is 12.3 Å². The van der Waals surface area contributed by atoms with Gasteiger partial charge in [-0.2, -0.15) is 0 Å². The number of hydrogen-bond donors (Lipinski definition) is 1. The Labute approximate surface area is 68.9 Å². The molecule has 2 N–H and O–H groups in total. The SMILES string of the molecule is CC(=O)OCC(N)S(=O)(=O)Cl. The average Bonchev–Trinajstić information content (AvgIpc) is 1.80. The zero-order valence-corrected chi connectivity index (χ0v) is 7.35. The summed E-state index contributed by atoms with van der Waals surface area (Å²) in [6.07, 6.45) is 0. The lowest BCUT2D eigenvalue weighted by Gasteiger charge is -2.06. The normalized spacial score (nSPS) is 14.1. The van der Waals surface area contributed by atoms with Crippen LogP contribution in [0.15, 0.2) is 0 Å². The highest BCUT2D eigenvalue weighted by atomic mass is 35.7. The van der Waals surface area contributed by atoms with Crippen molar-refractivity contribution in [3.05, 3.63) is 0 Å². The molecule has 1 unspecified atom stereocenters. The van der Waals surface area contributed by atoms with Gasteiger partial charge in [0.15, 0.2) is 5.37 Å². The van der Waals surface area contributed by atoms with Crippen molar-refractivity contribution >= 4 is 25.7 Å². The number of halogens is 1. The molecule has 0 aliphatic carbocycles. The van der Waals surface area contributed by atoms with E-state index in [1.54, 1.807) is 0 Å². The minimum absolute atomic E-state index is 0.416. The summed E-state index contributed by atoms with van der Waals surface area (Å²) in [7, 11) is 0.997. The molecule has 0 aliphatic heterocycles. The van der Waals surface area contributed by atoms with Gasteiger partial charge in [0.25, 0.3) is 9.05 Å². The van der Waals surface area contributed by atoms with E-state index >= 15 is 0 Å². The van der Waals surface area contributed by atoms with Crippen LogP contribution in [-0.2, 0) is 18.6 Å². The van der Waals surface area contributed by atoms with Crippen LogP contribution in [0.2, 0.25) is 0 Å². The average molecular weight is 202 g/mol. The number of hydrogen-bond acceptors (Lipinski definition) is 5. The molecule has 7 heteroatoms. The Morgan fingerprint density at radius 1 is 1.73 bits per heavy atom. The van der Waals surface area contributed by atoms with E-state index in [1.165, 1.54) is 0 Å².